The summed E-state index contributed by atoms with van der Waals surface area (Å²) in [6.45, 7) is 4.59. The fourth-order valence-electron chi connectivity index (χ4n) is 4.62. The van der Waals surface area contributed by atoms with Crippen molar-refractivity contribution in [3.63, 3.8) is 0 Å². The fourth-order valence-corrected chi connectivity index (χ4v) is 4.62. The number of aromatic amines is 1. The number of fused-ring (bicyclic) bond motifs is 1. The number of tetrazole rings is 1. The molecule has 1 saturated heterocycles. The zero-order chi connectivity index (χ0) is 23.5. The average molecular weight is 463 g/mol. The molecule has 1 fully saturated rings. The molecule has 9 heteroatoms. The third-order valence-electron chi connectivity index (χ3n) is 6.26. The molecule has 34 heavy (non-hydrogen) atoms. The second kappa shape index (κ2) is 9.72. The number of rotatable bonds is 7. The van der Waals surface area contributed by atoms with E-state index in [4.69, 9.17) is 4.74 Å². The summed E-state index contributed by atoms with van der Waals surface area (Å²) in [7, 11) is 0. The molecular weight excluding hydrogens is 435 g/mol. The molecule has 2 aromatic heterocycles. The Kier molecular flexibility index (Phi) is 6.35. The molecule has 3 heterocycles. The smallest absolute Gasteiger partial charge is 0.253 e. The van der Waals surface area contributed by atoms with E-state index >= 15 is 0 Å². The lowest BCUT2D eigenvalue weighted by molar-refractivity contribution is 0.177. The van der Waals surface area contributed by atoms with Crippen LogP contribution in [0.25, 0.3) is 10.9 Å². The van der Waals surface area contributed by atoms with Gasteiger partial charge in [-0.25, -0.2) is 9.07 Å². The van der Waals surface area contributed by atoms with Gasteiger partial charge in [0.2, 0.25) is 0 Å². The van der Waals surface area contributed by atoms with Crippen LogP contribution >= 0.6 is 0 Å². The van der Waals surface area contributed by atoms with Crippen molar-refractivity contribution in [1.29, 1.82) is 0 Å². The largest absolute Gasteiger partial charge is 0.494 e. The average Bonchev–Trinajstić information content (AvgIpc) is 3.30. The molecule has 8 nitrogen and oxygen atoms in total. The highest BCUT2D eigenvalue weighted by Gasteiger charge is 2.31. The third-order valence-corrected chi connectivity index (χ3v) is 6.26. The molecule has 1 atom stereocenters. The maximum atomic E-state index is 13.4. The van der Waals surface area contributed by atoms with Gasteiger partial charge in [-0.05, 0) is 85.2 Å². The van der Waals surface area contributed by atoms with E-state index in [1.165, 1.54) is 12.1 Å². The zero-order valence-electron chi connectivity index (χ0n) is 19.1. The summed E-state index contributed by atoms with van der Waals surface area (Å²) < 4.78 is 20.7. The van der Waals surface area contributed by atoms with Crippen LogP contribution < -0.4 is 10.3 Å². The van der Waals surface area contributed by atoms with E-state index in [1.54, 1.807) is 16.8 Å². The highest BCUT2D eigenvalue weighted by atomic mass is 19.1. The number of H-pyrrole nitrogens is 1. The van der Waals surface area contributed by atoms with Crippen molar-refractivity contribution in [1.82, 2.24) is 30.1 Å². The van der Waals surface area contributed by atoms with E-state index in [0.717, 1.165) is 54.6 Å². The highest BCUT2D eigenvalue weighted by molar-refractivity contribution is 5.80. The van der Waals surface area contributed by atoms with Crippen LogP contribution in [0.4, 0.5) is 4.39 Å². The molecule has 0 radical (unpaired) electrons. The number of aromatic nitrogens is 5. The van der Waals surface area contributed by atoms with Gasteiger partial charge in [0.25, 0.3) is 5.56 Å². The molecule has 1 aliphatic rings. The predicted molar refractivity (Wildman–Crippen MR) is 126 cm³/mol. The molecule has 176 valence electrons. The van der Waals surface area contributed by atoms with Crippen LogP contribution in [0.15, 0.2) is 53.3 Å². The predicted octanol–water partition coefficient (Wildman–Crippen LogP) is 3.68. The SMILES string of the molecule is CCOc1ccc2[nH]c(=O)c(C(c3nnnn3Cc3ccc(F)cc3)N3CCCCC3)cc2c1. The van der Waals surface area contributed by atoms with E-state index in [2.05, 4.69) is 25.4 Å². The minimum absolute atomic E-state index is 0.163. The first kappa shape index (κ1) is 22.2. The van der Waals surface area contributed by atoms with Crippen LogP contribution in [0.3, 0.4) is 0 Å². The normalized spacial score (nSPS) is 15.5. The Hall–Kier alpha value is -3.59. The van der Waals surface area contributed by atoms with Gasteiger partial charge in [-0.1, -0.05) is 18.6 Å². The topological polar surface area (TPSA) is 88.9 Å². The Morgan fingerprint density at radius 1 is 1.09 bits per heavy atom. The number of piperidine rings is 1. The Balaban J connectivity index is 1.59. The molecule has 4 aromatic rings. The molecule has 1 unspecified atom stereocenters. The van der Waals surface area contributed by atoms with Crippen molar-refractivity contribution in [2.75, 3.05) is 19.7 Å². The molecule has 5 rings (SSSR count). The molecule has 0 spiro atoms. The lowest BCUT2D eigenvalue weighted by atomic mass is 10.0. The number of hydrogen-bond acceptors (Lipinski definition) is 6. The number of benzene rings is 2. The summed E-state index contributed by atoms with van der Waals surface area (Å²) in [6, 6.07) is 13.5. The number of halogens is 1. The second-order valence-corrected chi connectivity index (χ2v) is 8.56. The molecule has 2 aromatic carbocycles. The van der Waals surface area contributed by atoms with E-state index in [0.29, 0.717) is 24.5 Å². The monoisotopic (exact) mass is 462 g/mol. The van der Waals surface area contributed by atoms with Gasteiger partial charge in [-0.15, -0.1) is 5.10 Å². The standard InChI is InChI=1S/C25H27FN6O2/c1-2-34-20-10-11-22-18(14-20)15-21(25(33)27-22)23(31-12-4-3-5-13-31)24-28-29-30-32(24)16-17-6-8-19(26)9-7-17/h6-11,14-15,23H,2-5,12-13,16H2,1H3,(H,27,33). The first-order chi connectivity index (χ1) is 16.6. The second-order valence-electron chi connectivity index (χ2n) is 8.56. The van der Waals surface area contributed by atoms with Crippen LogP contribution in [0, 0.1) is 5.82 Å². The summed E-state index contributed by atoms with van der Waals surface area (Å²) >= 11 is 0. The number of ether oxygens (including phenoxy) is 1. The molecular formula is C25H27FN6O2. The Bertz CT molecular complexity index is 1330. The lowest BCUT2D eigenvalue weighted by Crippen LogP contribution is -2.38. The minimum atomic E-state index is -0.403. The van der Waals surface area contributed by atoms with Gasteiger partial charge in [-0.3, -0.25) is 9.69 Å². The summed E-state index contributed by atoms with van der Waals surface area (Å²) in [5.74, 6) is 1.06. The van der Waals surface area contributed by atoms with Crippen molar-refractivity contribution >= 4 is 10.9 Å². The van der Waals surface area contributed by atoms with Crippen LogP contribution in [0.1, 0.15) is 49.2 Å². The van der Waals surface area contributed by atoms with Gasteiger partial charge >= 0.3 is 0 Å². The molecule has 0 amide bonds. The van der Waals surface area contributed by atoms with Crippen LogP contribution in [-0.4, -0.2) is 49.8 Å². The summed E-state index contributed by atoms with van der Waals surface area (Å²) in [5, 5.41) is 13.4. The van der Waals surface area contributed by atoms with E-state index < -0.39 is 6.04 Å². The van der Waals surface area contributed by atoms with Gasteiger partial charge in [0, 0.05) is 16.5 Å². The molecule has 0 saturated carbocycles. The molecule has 1 aliphatic heterocycles. The minimum Gasteiger partial charge on any atom is -0.494 e. The van der Waals surface area contributed by atoms with Gasteiger partial charge in [0.05, 0.1) is 13.2 Å². The quantitative estimate of drug-likeness (QED) is 0.451. The molecule has 1 N–H and O–H groups in total. The molecule has 0 bridgehead atoms. The van der Waals surface area contributed by atoms with E-state index in [9.17, 15) is 9.18 Å². The first-order valence-electron chi connectivity index (χ1n) is 11.7. The van der Waals surface area contributed by atoms with Crippen molar-refractivity contribution in [2.24, 2.45) is 0 Å². The summed E-state index contributed by atoms with van der Waals surface area (Å²) in [5.41, 5.74) is 2.06. The van der Waals surface area contributed by atoms with E-state index in [1.807, 2.05) is 31.2 Å². The maximum Gasteiger partial charge on any atom is 0.253 e. The number of pyridine rings is 1. The van der Waals surface area contributed by atoms with Gasteiger partial charge in [0.15, 0.2) is 5.82 Å². The number of nitrogens with zero attached hydrogens (tertiary/aromatic N) is 5. The summed E-state index contributed by atoms with van der Waals surface area (Å²) in [6.07, 6.45) is 3.27. The zero-order valence-corrected chi connectivity index (χ0v) is 19.1. The Morgan fingerprint density at radius 2 is 1.88 bits per heavy atom. The van der Waals surface area contributed by atoms with Crippen LogP contribution in [-0.2, 0) is 6.54 Å². The Morgan fingerprint density at radius 3 is 2.65 bits per heavy atom. The summed E-state index contributed by atoms with van der Waals surface area (Å²) in [4.78, 5) is 18.6. The lowest BCUT2D eigenvalue weighted by Gasteiger charge is -2.33. The highest BCUT2D eigenvalue weighted by Crippen LogP contribution is 2.30. The van der Waals surface area contributed by atoms with Gasteiger partial charge < -0.3 is 9.72 Å². The number of likely N-dealkylation sites (tertiary alicyclic amines) is 1. The van der Waals surface area contributed by atoms with Crippen molar-refractivity contribution < 1.29 is 9.13 Å². The van der Waals surface area contributed by atoms with Crippen molar-refractivity contribution in [3.05, 3.63) is 81.7 Å². The van der Waals surface area contributed by atoms with E-state index in [-0.39, 0.29) is 11.4 Å². The maximum absolute atomic E-state index is 13.4. The van der Waals surface area contributed by atoms with Crippen molar-refractivity contribution in [2.45, 2.75) is 38.8 Å². The first-order valence-corrected chi connectivity index (χ1v) is 11.7. The third kappa shape index (κ3) is 4.56. The van der Waals surface area contributed by atoms with Gasteiger partial charge in [0.1, 0.15) is 17.6 Å². The number of nitrogens with one attached hydrogen (secondary N) is 1. The van der Waals surface area contributed by atoms with Crippen molar-refractivity contribution in [3.8, 4) is 5.75 Å². The molecule has 0 aliphatic carbocycles. The van der Waals surface area contributed by atoms with Crippen LogP contribution in [0.5, 0.6) is 5.75 Å². The van der Waals surface area contributed by atoms with Crippen LogP contribution in [0.2, 0.25) is 0 Å². The number of hydrogen-bond donors (Lipinski definition) is 1. The fraction of sp³-hybridized carbons (Fsp3) is 0.360. The van der Waals surface area contributed by atoms with Gasteiger partial charge in [-0.2, -0.15) is 0 Å². The Labute approximate surface area is 196 Å².